The maximum absolute atomic E-state index is 13.9. The van der Waals surface area contributed by atoms with Crippen molar-refractivity contribution in [3.05, 3.63) is 112 Å². The Morgan fingerprint density at radius 3 is 2.22 bits per heavy atom. The minimum Gasteiger partial charge on any atom is -0.351 e. The molecule has 0 bridgehead atoms. The zero-order valence-corrected chi connectivity index (χ0v) is 21.8. The molecule has 0 amide bonds. The number of anilines is 1. The average molecular weight is 521 g/mol. The van der Waals surface area contributed by atoms with Gasteiger partial charge in [0.05, 0.1) is 29.0 Å². The lowest BCUT2D eigenvalue weighted by Crippen LogP contribution is -2.29. The van der Waals surface area contributed by atoms with Gasteiger partial charge in [0.25, 0.3) is 0 Å². The van der Waals surface area contributed by atoms with Gasteiger partial charge in [-0.3, -0.25) is 4.98 Å². The molecule has 0 unspecified atom stereocenters. The molecule has 1 saturated heterocycles. The van der Waals surface area contributed by atoms with Crippen LogP contribution in [0, 0.1) is 27.7 Å². The van der Waals surface area contributed by atoms with Crippen LogP contribution in [-0.4, -0.2) is 14.7 Å². The van der Waals surface area contributed by atoms with E-state index in [1.54, 1.807) is 16.8 Å². The maximum atomic E-state index is 13.9. The summed E-state index contributed by atoms with van der Waals surface area (Å²) in [5, 5.41) is 3.99. The van der Waals surface area contributed by atoms with Gasteiger partial charge in [0.2, 0.25) is 0 Å². The van der Waals surface area contributed by atoms with Crippen LogP contribution >= 0.6 is 12.2 Å². The normalized spacial score (nSPS) is 17.8. The number of halogens is 3. The first-order valence-corrected chi connectivity index (χ1v) is 12.4. The van der Waals surface area contributed by atoms with Gasteiger partial charge >= 0.3 is 6.18 Å². The number of nitrogens with zero attached hydrogens (tertiary/aromatic N) is 3. The summed E-state index contributed by atoms with van der Waals surface area (Å²) in [5.41, 5.74) is 5.69. The summed E-state index contributed by atoms with van der Waals surface area (Å²) in [4.78, 5) is 6.66. The SMILES string of the molecule is Cc1cc(C)cc(N2C(=S)N[C@H](c3ccccn3)[C@H]2c2cc(C)n(-c3ccccc3C(F)(F)F)c2C)c1. The number of aromatic nitrogens is 2. The molecule has 2 aromatic carbocycles. The second-order valence-corrected chi connectivity index (χ2v) is 9.91. The van der Waals surface area contributed by atoms with Gasteiger partial charge in [0.1, 0.15) is 0 Å². The standard InChI is InChI=1S/C29H27F3N4S/c1-17-13-18(2)15-21(14-17)36-27(26(34-28(36)37)24-10-7-8-12-33-24)22-16-19(3)35(20(22)4)25-11-6-5-9-23(25)29(30,31)32/h5-16,26-27H,1-4H3,(H,34,37)/t26-,27-/m1/s1. The summed E-state index contributed by atoms with van der Waals surface area (Å²) in [6.45, 7) is 7.77. The smallest absolute Gasteiger partial charge is 0.351 e. The highest BCUT2D eigenvalue weighted by molar-refractivity contribution is 7.80. The quantitative estimate of drug-likeness (QED) is 0.286. The van der Waals surface area contributed by atoms with Crippen molar-refractivity contribution in [2.45, 2.75) is 46.0 Å². The number of hydrogen-bond donors (Lipinski definition) is 1. The molecular formula is C29H27F3N4S. The van der Waals surface area contributed by atoms with Crippen molar-refractivity contribution in [2.24, 2.45) is 0 Å². The van der Waals surface area contributed by atoms with E-state index in [4.69, 9.17) is 12.2 Å². The summed E-state index contributed by atoms with van der Waals surface area (Å²) >= 11 is 5.84. The number of rotatable bonds is 4. The lowest BCUT2D eigenvalue weighted by molar-refractivity contribution is -0.137. The first-order valence-electron chi connectivity index (χ1n) is 12.0. The van der Waals surface area contributed by atoms with Gasteiger partial charge in [0.15, 0.2) is 5.11 Å². The Morgan fingerprint density at radius 1 is 0.892 bits per heavy atom. The Bertz CT molecular complexity index is 1460. The van der Waals surface area contributed by atoms with E-state index < -0.39 is 11.7 Å². The van der Waals surface area contributed by atoms with Gasteiger partial charge in [-0.25, -0.2) is 0 Å². The number of thiocarbonyl (C=S) groups is 1. The number of hydrogen-bond acceptors (Lipinski definition) is 2. The van der Waals surface area contributed by atoms with Crippen molar-refractivity contribution in [2.75, 3.05) is 4.90 Å². The van der Waals surface area contributed by atoms with Crippen LogP contribution in [0.25, 0.3) is 5.69 Å². The molecular weight excluding hydrogens is 493 g/mol. The van der Waals surface area contributed by atoms with Crippen molar-refractivity contribution >= 4 is 23.0 Å². The lowest BCUT2D eigenvalue weighted by atomic mass is 9.96. The molecule has 1 N–H and O–H groups in total. The van der Waals surface area contributed by atoms with Crippen LogP contribution < -0.4 is 10.2 Å². The fourth-order valence-corrected chi connectivity index (χ4v) is 5.75. The topological polar surface area (TPSA) is 33.1 Å². The second kappa shape index (κ2) is 9.34. The van der Waals surface area contributed by atoms with Crippen molar-refractivity contribution in [3.8, 4) is 5.69 Å². The minimum atomic E-state index is -4.47. The number of alkyl halides is 3. The van der Waals surface area contributed by atoms with Gasteiger partial charge in [-0.2, -0.15) is 13.2 Å². The van der Waals surface area contributed by atoms with Crippen molar-refractivity contribution in [1.82, 2.24) is 14.9 Å². The Morgan fingerprint density at radius 2 is 1.57 bits per heavy atom. The number of nitrogens with one attached hydrogen (secondary N) is 1. The molecule has 37 heavy (non-hydrogen) atoms. The van der Waals surface area contributed by atoms with Crippen molar-refractivity contribution < 1.29 is 13.2 Å². The van der Waals surface area contributed by atoms with Crippen LogP contribution in [0.4, 0.5) is 18.9 Å². The predicted molar refractivity (Wildman–Crippen MR) is 144 cm³/mol. The van der Waals surface area contributed by atoms with Crippen LogP contribution in [0.15, 0.2) is 72.9 Å². The van der Waals surface area contributed by atoms with E-state index in [1.807, 2.05) is 52.0 Å². The van der Waals surface area contributed by atoms with Gasteiger partial charge in [-0.05, 0) is 99.1 Å². The molecule has 4 aromatic rings. The van der Waals surface area contributed by atoms with E-state index in [-0.39, 0.29) is 17.8 Å². The summed E-state index contributed by atoms with van der Waals surface area (Å²) < 4.78 is 43.5. The molecule has 2 aromatic heterocycles. The molecule has 0 aliphatic carbocycles. The van der Waals surface area contributed by atoms with Gasteiger partial charge in [-0.15, -0.1) is 0 Å². The van der Waals surface area contributed by atoms with Crippen LogP contribution in [0.5, 0.6) is 0 Å². The number of pyridine rings is 1. The first kappa shape index (κ1) is 25.0. The lowest BCUT2D eigenvalue weighted by Gasteiger charge is -2.29. The highest BCUT2D eigenvalue weighted by Gasteiger charge is 2.43. The predicted octanol–water partition coefficient (Wildman–Crippen LogP) is 7.30. The van der Waals surface area contributed by atoms with E-state index in [0.717, 1.165) is 39.8 Å². The molecule has 1 fully saturated rings. The van der Waals surface area contributed by atoms with E-state index in [2.05, 4.69) is 33.4 Å². The Hall–Kier alpha value is -3.65. The first-order chi connectivity index (χ1) is 17.6. The van der Waals surface area contributed by atoms with Crippen LogP contribution in [-0.2, 0) is 6.18 Å². The Kier molecular flexibility index (Phi) is 6.31. The molecule has 8 heteroatoms. The monoisotopic (exact) mass is 520 g/mol. The zero-order valence-electron chi connectivity index (χ0n) is 21.0. The summed E-state index contributed by atoms with van der Waals surface area (Å²) in [6, 6.07) is 19.0. The van der Waals surface area contributed by atoms with Gasteiger partial charge < -0.3 is 14.8 Å². The third kappa shape index (κ3) is 4.50. The summed E-state index contributed by atoms with van der Waals surface area (Å²) in [5.74, 6) is 0. The summed E-state index contributed by atoms with van der Waals surface area (Å²) in [7, 11) is 0. The highest BCUT2D eigenvalue weighted by atomic mass is 32.1. The maximum Gasteiger partial charge on any atom is 0.418 e. The molecule has 0 saturated carbocycles. The fraction of sp³-hybridized carbons (Fsp3) is 0.241. The van der Waals surface area contributed by atoms with E-state index in [0.29, 0.717) is 10.8 Å². The third-order valence-electron chi connectivity index (χ3n) is 6.82. The highest BCUT2D eigenvalue weighted by Crippen LogP contribution is 2.45. The van der Waals surface area contributed by atoms with E-state index in [1.165, 1.54) is 12.1 Å². The van der Waals surface area contributed by atoms with Crippen LogP contribution in [0.1, 0.15) is 51.4 Å². The number of para-hydroxylation sites is 1. The van der Waals surface area contributed by atoms with Crippen molar-refractivity contribution in [1.29, 1.82) is 0 Å². The number of aryl methyl sites for hydroxylation is 3. The zero-order chi connectivity index (χ0) is 26.5. The molecule has 3 heterocycles. The number of benzene rings is 2. The molecule has 190 valence electrons. The molecule has 0 spiro atoms. The van der Waals surface area contributed by atoms with E-state index in [9.17, 15) is 13.2 Å². The van der Waals surface area contributed by atoms with Crippen LogP contribution in [0.3, 0.4) is 0 Å². The van der Waals surface area contributed by atoms with Gasteiger partial charge in [0, 0.05) is 23.3 Å². The van der Waals surface area contributed by atoms with Crippen molar-refractivity contribution in [3.63, 3.8) is 0 Å². The van der Waals surface area contributed by atoms with E-state index >= 15 is 0 Å². The largest absolute Gasteiger partial charge is 0.418 e. The molecule has 1 aliphatic rings. The fourth-order valence-electron chi connectivity index (χ4n) is 5.40. The summed E-state index contributed by atoms with van der Waals surface area (Å²) in [6.07, 6.45) is -2.74. The average Bonchev–Trinajstić information content (AvgIpc) is 3.33. The molecule has 2 atom stereocenters. The molecule has 1 aliphatic heterocycles. The molecule has 5 rings (SSSR count). The second-order valence-electron chi connectivity index (χ2n) is 9.52. The minimum absolute atomic E-state index is 0.108. The Labute approximate surface area is 219 Å². The van der Waals surface area contributed by atoms with Crippen LogP contribution in [0.2, 0.25) is 0 Å². The Balaban J connectivity index is 1.72. The molecule has 0 radical (unpaired) electrons. The third-order valence-corrected chi connectivity index (χ3v) is 7.14. The molecule has 4 nitrogen and oxygen atoms in total. The van der Waals surface area contributed by atoms with Gasteiger partial charge in [-0.1, -0.05) is 24.3 Å².